The van der Waals surface area contributed by atoms with E-state index in [9.17, 15) is 9.59 Å². The largest absolute Gasteiger partial charge is 0.352 e. The Bertz CT molecular complexity index is 1170. The van der Waals surface area contributed by atoms with Crippen LogP contribution in [0.4, 0.5) is 0 Å². The van der Waals surface area contributed by atoms with Gasteiger partial charge in [-0.15, -0.1) is 11.8 Å². The quantitative estimate of drug-likeness (QED) is 0.293. The molecule has 0 saturated carbocycles. The van der Waals surface area contributed by atoms with Crippen LogP contribution in [0.25, 0.3) is 0 Å². The number of carbonyl (C=O) groups is 2. The van der Waals surface area contributed by atoms with E-state index < -0.39 is 6.04 Å². The van der Waals surface area contributed by atoms with Gasteiger partial charge in [0, 0.05) is 24.8 Å². The zero-order chi connectivity index (χ0) is 26.1. The highest BCUT2D eigenvalue weighted by atomic mass is 35.5. The molecule has 0 spiro atoms. The van der Waals surface area contributed by atoms with Crippen LogP contribution in [-0.2, 0) is 28.3 Å². The Morgan fingerprint density at radius 2 is 1.61 bits per heavy atom. The van der Waals surface area contributed by atoms with Gasteiger partial charge in [-0.25, -0.2) is 0 Å². The molecule has 1 N–H and O–H groups in total. The van der Waals surface area contributed by atoms with Gasteiger partial charge >= 0.3 is 0 Å². The van der Waals surface area contributed by atoms with Crippen molar-refractivity contribution in [1.29, 1.82) is 0 Å². The van der Waals surface area contributed by atoms with Gasteiger partial charge in [-0.05, 0) is 55.2 Å². The van der Waals surface area contributed by atoms with E-state index in [0.29, 0.717) is 16.5 Å². The molecule has 0 aliphatic heterocycles. The maximum Gasteiger partial charge on any atom is 0.243 e. The summed E-state index contributed by atoms with van der Waals surface area (Å²) in [6, 6.07) is 22.5. The molecule has 3 rings (SSSR count). The monoisotopic (exact) mass is 542 g/mol. The molecule has 190 valence electrons. The van der Waals surface area contributed by atoms with Crippen molar-refractivity contribution < 1.29 is 9.59 Å². The Balaban J connectivity index is 1.88. The lowest BCUT2D eigenvalue weighted by Gasteiger charge is -2.32. The third-order valence-corrected chi connectivity index (χ3v) is 7.49. The first kappa shape index (κ1) is 28.1. The highest BCUT2D eigenvalue weighted by Gasteiger charge is 2.30. The second kappa shape index (κ2) is 13.7. The number of halogens is 2. The van der Waals surface area contributed by atoms with Gasteiger partial charge in [0.05, 0.1) is 15.8 Å². The van der Waals surface area contributed by atoms with E-state index >= 15 is 0 Å². The summed E-state index contributed by atoms with van der Waals surface area (Å²) in [5.41, 5.74) is 4.20. The topological polar surface area (TPSA) is 49.4 Å². The minimum Gasteiger partial charge on any atom is -0.352 e. The first-order chi connectivity index (χ1) is 17.2. The van der Waals surface area contributed by atoms with E-state index in [1.807, 2.05) is 62.4 Å². The summed E-state index contributed by atoms with van der Waals surface area (Å²) in [7, 11) is 0. The van der Waals surface area contributed by atoms with Gasteiger partial charge in [-0.3, -0.25) is 9.59 Å². The minimum atomic E-state index is -0.671. The number of benzene rings is 3. The number of nitrogens with one attached hydrogen (secondary N) is 1. The van der Waals surface area contributed by atoms with Crippen LogP contribution >= 0.6 is 35.0 Å². The molecule has 0 heterocycles. The Labute approximate surface area is 228 Å². The lowest BCUT2D eigenvalue weighted by molar-refractivity contribution is -0.139. The second-order valence-electron chi connectivity index (χ2n) is 9.06. The Kier molecular flexibility index (Phi) is 10.7. The second-order valence-corrected chi connectivity index (χ2v) is 10.9. The number of hydrogen-bond donors (Lipinski definition) is 1. The van der Waals surface area contributed by atoms with E-state index in [1.54, 1.807) is 28.8 Å². The highest BCUT2D eigenvalue weighted by molar-refractivity contribution is 7.99. The van der Waals surface area contributed by atoms with Gasteiger partial charge in [-0.1, -0.05) is 83.9 Å². The molecule has 4 nitrogen and oxygen atoms in total. The van der Waals surface area contributed by atoms with E-state index in [-0.39, 0.29) is 30.2 Å². The average Bonchev–Trinajstić information content (AvgIpc) is 2.84. The van der Waals surface area contributed by atoms with Crippen molar-refractivity contribution in [3.63, 3.8) is 0 Å². The molecule has 3 aromatic rings. The van der Waals surface area contributed by atoms with Crippen LogP contribution in [0.3, 0.4) is 0 Å². The summed E-state index contributed by atoms with van der Waals surface area (Å²) in [6.45, 7) is 6.16. The van der Waals surface area contributed by atoms with Gasteiger partial charge < -0.3 is 10.2 Å². The smallest absolute Gasteiger partial charge is 0.243 e. The standard InChI is InChI=1S/C29H32Cl2N2O2S/c1-20(2)32-29(35)27(16-22-10-5-4-6-11-22)33(17-23-13-14-25(30)26(31)15-23)28(34)19-36-18-24-12-8-7-9-21(24)3/h4-15,20,27H,16-19H2,1-3H3,(H,32,35). The van der Waals surface area contributed by atoms with Crippen molar-refractivity contribution in [3.8, 4) is 0 Å². The molecule has 0 aliphatic rings. The Morgan fingerprint density at radius 1 is 0.917 bits per heavy atom. The highest BCUT2D eigenvalue weighted by Crippen LogP contribution is 2.25. The maximum absolute atomic E-state index is 13.7. The Morgan fingerprint density at radius 3 is 2.28 bits per heavy atom. The van der Waals surface area contributed by atoms with Crippen LogP contribution in [0, 0.1) is 6.92 Å². The number of amides is 2. The summed E-state index contributed by atoms with van der Waals surface area (Å²) < 4.78 is 0. The van der Waals surface area contributed by atoms with Crippen molar-refractivity contribution in [1.82, 2.24) is 10.2 Å². The van der Waals surface area contributed by atoms with Gasteiger partial charge in [0.15, 0.2) is 0 Å². The SMILES string of the molecule is Cc1ccccc1CSCC(=O)N(Cc1ccc(Cl)c(Cl)c1)C(Cc1ccccc1)C(=O)NC(C)C. The molecular formula is C29H32Cl2N2O2S. The number of thioether (sulfide) groups is 1. The number of carbonyl (C=O) groups excluding carboxylic acids is 2. The van der Waals surface area contributed by atoms with E-state index in [0.717, 1.165) is 16.9 Å². The molecule has 2 amide bonds. The van der Waals surface area contributed by atoms with E-state index in [4.69, 9.17) is 23.2 Å². The number of hydrogen-bond acceptors (Lipinski definition) is 3. The molecular weight excluding hydrogens is 511 g/mol. The number of rotatable bonds is 11. The fourth-order valence-electron chi connectivity index (χ4n) is 3.87. The van der Waals surface area contributed by atoms with Crippen LogP contribution in [0.15, 0.2) is 72.8 Å². The molecule has 1 atom stereocenters. The molecule has 3 aromatic carbocycles. The van der Waals surface area contributed by atoms with E-state index in [1.165, 1.54) is 11.1 Å². The number of aryl methyl sites for hydroxylation is 1. The van der Waals surface area contributed by atoms with Gasteiger partial charge in [0.1, 0.15) is 6.04 Å². The lowest BCUT2D eigenvalue weighted by atomic mass is 10.0. The molecule has 0 aromatic heterocycles. The third-order valence-electron chi connectivity index (χ3n) is 5.78. The predicted molar refractivity (Wildman–Crippen MR) is 152 cm³/mol. The predicted octanol–water partition coefficient (Wildman–Crippen LogP) is 6.70. The van der Waals surface area contributed by atoms with Crippen LogP contribution in [-0.4, -0.2) is 34.6 Å². The molecule has 0 saturated heterocycles. The van der Waals surface area contributed by atoms with Crippen molar-refractivity contribution in [2.45, 2.75) is 51.6 Å². The zero-order valence-corrected chi connectivity index (χ0v) is 23.2. The first-order valence-electron chi connectivity index (χ1n) is 11.9. The summed E-state index contributed by atoms with van der Waals surface area (Å²) in [6.07, 6.45) is 0.412. The third kappa shape index (κ3) is 8.29. The normalized spacial score (nSPS) is 11.8. The fourth-order valence-corrected chi connectivity index (χ4v) is 5.18. The van der Waals surface area contributed by atoms with Crippen LogP contribution in [0.1, 0.15) is 36.1 Å². The van der Waals surface area contributed by atoms with Crippen LogP contribution < -0.4 is 5.32 Å². The van der Waals surface area contributed by atoms with Gasteiger partial charge in [-0.2, -0.15) is 0 Å². The zero-order valence-electron chi connectivity index (χ0n) is 20.8. The first-order valence-corrected chi connectivity index (χ1v) is 13.9. The number of nitrogens with zero attached hydrogens (tertiary/aromatic N) is 1. The molecule has 0 aliphatic carbocycles. The van der Waals surface area contributed by atoms with Gasteiger partial charge in [0.25, 0.3) is 0 Å². The molecule has 7 heteroatoms. The van der Waals surface area contributed by atoms with Crippen molar-refractivity contribution >= 4 is 46.8 Å². The van der Waals surface area contributed by atoms with Gasteiger partial charge in [0.2, 0.25) is 11.8 Å². The summed E-state index contributed by atoms with van der Waals surface area (Å²) in [5.74, 6) is 0.710. The molecule has 36 heavy (non-hydrogen) atoms. The fraction of sp³-hybridized carbons (Fsp3) is 0.310. The molecule has 0 radical (unpaired) electrons. The molecule has 1 unspecified atom stereocenters. The Hall–Kier alpha value is -2.47. The summed E-state index contributed by atoms with van der Waals surface area (Å²) in [4.78, 5) is 28.7. The van der Waals surface area contributed by atoms with Crippen LogP contribution in [0.2, 0.25) is 10.0 Å². The van der Waals surface area contributed by atoms with E-state index in [2.05, 4.69) is 24.4 Å². The van der Waals surface area contributed by atoms with Crippen molar-refractivity contribution in [2.75, 3.05) is 5.75 Å². The van der Waals surface area contributed by atoms with Crippen LogP contribution in [0.5, 0.6) is 0 Å². The minimum absolute atomic E-state index is 0.0480. The van der Waals surface area contributed by atoms with Crippen molar-refractivity contribution in [2.24, 2.45) is 0 Å². The summed E-state index contributed by atoms with van der Waals surface area (Å²) >= 11 is 13.9. The lowest BCUT2D eigenvalue weighted by Crippen LogP contribution is -2.52. The maximum atomic E-state index is 13.7. The van der Waals surface area contributed by atoms with Crippen molar-refractivity contribution in [3.05, 3.63) is 105 Å². The summed E-state index contributed by atoms with van der Waals surface area (Å²) in [5, 5.41) is 3.88. The molecule has 0 fully saturated rings. The average molecular weight is 544 g/mol. The molecule has 0 bridgehead atoms.